The topological polar surface area (TPSA) is 67.2 Å². The Balaban J connectivity index is 1.70. The largest absolute Gasteiger partial charge is 0.355 e. The molecule has 1 aromatic carbocycles. The smallest absolute Gasteiger partial charge is 0.273 e. The third-order valence-electron chi connectivity index (χ3n) is 3.48. The number of hydrogen-bond acceptors (Lipinski definition) is 4. The SMILES string of the molecule is O=C(NC1CCCNC1)c1cc(-c2cccc(Cl)c2)on1. The first-order valence-corrected chi connectivity index (χ1v) is 7.34. The number of nitrogens with one attached hydrogen (secondary N) is 2. The molecule has 0 aliphatic carbocycles. The fourth-order valence-electron chi connectivity index (χ4n) is 2.39. The van der Waals surface area contributed by atoms with Gasteiger partial charge in [0, 0.05) is 29.2 Å². The lowest BCUT2D eigenvalue weighted by molar-refractivity contribution is 0.0921. The van der Waals surface area contributed by atoms with E-state index in [4.69, 9.17) is 16.1 Å². The van der Waals surface area contributed by atoms with E-state index >= 15 is 0 Å². The molecule has 3 rings (SSSR count). The summed E-state index contributed by atoms with van der Waals surface area (Å²) in [5.74, 6) is 0.324. The minimum atomic E-state index is -0.208. The maximum atomic E-state index is 12.1. The van der Waals surface area contributed by atoms with Gasteiger partial charge in [0.1, 0.15) is 0 Å². The zero-order valence-corrected chi connectivity index (χ0v) is 12.2. The van der Waals surface area contributed by atoms with Gasteiger partial charge in [-0.2, -0.15) is 0 Å². The summed E-state index contributed by atoms with van der Waals surface area (Å²) in [7, 11) is 0. The summed E-state index contributed by atoms with van der Waals surface area (Å²) in [6, 6.07) is 9.03. The molecule has 1 saturated heterocycles. The van der Waals surface area contributed by atoms with E-state index in [9.17, 15) is 4.79 Å². The van der Waals surface area contributed by atoms with E-state index in [1.54, 1.807) is 18.2 Å². The van der Waals surface area contributed by atoms with Crippen LogP contribution in [-0.4, -0.2) is 30.2 Å². The molecule has 5 nitrogen and oxygen atoms in total. The van der Waals surface area contributed by atoms with Crippen LogP contribution in [0.3, 0.4) is 0 Å². The van der Waals surface area contributed by atoms with Crippen molar-refractivity contribution in [1.82, 2.24) is 15.8 Å². The van der Waals surface area contributed by atoms with Crippen LogP contribution in [0.5, 0.6) is 0 Å². The third kappa shape index (κ3) is 3.43. The molecule has 6 heteroatoms. The lowest BCUT2D eigenvalue weighted by Crippen LogP contribution is -2.45. The summed E-state index contributed by atoms with van der Waals surface area (Å²) < 4.78 is 5.23. The summed E-state index contributed by atoms with van der Waals surface area (Å²) in [5.41, 5.74) is 1.09. The van der Waals surface area contributed by atoms with Gasteiger partial charge in [0.15, 0.2) is 11.5 Å². The molecule has 2 heterocycles. The lowest BCUT2D eigenvalue weighted by atomic mass is 10.1. The first-order chi connectivity index (χ1) is 10.2. The molecule has 21 heavy (non-hydrogen) atoms. The van der Waals surface area contributed by atoms with Gasteiger partial charge in [0.25, 0.3) is 5.91 Å². The molecular weight excluding hydrogens is 290 g/mol. The highest BCUT2D eigenvalue weighted by Gasteiger charge is 2.19. The van der Waals surface area contributed by atoms with Crippen LogP contribution in [0.1, 0.15) is 23.3 Å². The second kappa shape index (κ2) is 6.28. The number of rotatable bonds is 3. The van der Waals surface area contributed by atoms with Crippen molar-refractivity contribution in [2.75, 3.05) is 13.1 Å². The normalized spacial score (nSPS) is 18.4. The van der Waals surface area contributed by atoms with Gasteiger partial charge < -0.3 is 15.2 Å². The van der Waals surface area contributed by atoms with Crippen molar-refractivity contribution < 1.29 is 9.32 Å². The van der Waals surface area contributed by atoms with E-state index in [1.165, 1.54) is 0 Å². The Hall–Kier alpha value is -1.85. The molecule has 1 aliphatic rings. The van der Waals surface area contributed by atoms with Gasteiger partial charge in [-0.3, -0.25) is 4.79 Å². The maximum Gasteiger partial charge on any atom is 0.273 e. The summed E-state index contributed by atoms with van der Waals surface area (Å²) in [6.07, 6.45) is 2.05. The lowest BCUT2D eigenvalue weighted by Gasteiger charge is -2.23. The van der Waals surface area contributed by atoms with E-state index in [1.807, 2.05) is 12.1 Å². The van der Waals surface area contributed by atoms with Crippen LogP contribution in [0.25, 0.3) is 11.3 Å². The van der Waals surface area contributed by atoms with Crippen molar-refractivity contribution in [2.24, 2.45) is 0 Å². The van der Waals surface area contributed by atoms with Crippen LogP contribution in [-0.2, 0) is 0 Å². The number of carbonyl (C=O) groups excluding carboxylic acids is 1. The molecule has 2 aromatic rings. The van der Waals surface area contributed by atoms with Crippen LogP contribution < -0.4 is 10.6 Å². The first-order valence-electron chi connectivity index (χ1n) is 6.96. The number of nitrogens with zero attached hydrogens (tertiary/aromatic N) is 1. The van der Waals surface area contributed by atoms with Crippen LogP contribution in [0, 0.1) is 0 Å². The van der Waals surface area contributed by atoms with Gasteiger partial charge in [-0.05, 0) is 31.5 Å². The molecule has 1 unspecified atom stereocenters. The van der Waals surface area contributed by atoms with Crippen LogP contribution >= 0.6 is 11.6 Å². The average molecular weight is 306 g/mol. The summed E-state index contributed by atoms with van der Waals surface area (Å²) >= 11 is 5.94. The second-order valence-corrected chi connectivity index (χ2v) is 5.54. The Morgan fingerprint density at radius 3 is 3.10 bits per heavy atom. The Morgan fingerprint density at radius 2 is 2.33 bits per heavy atom. The standard InChI is InChI=1S/C15H16ClN3O2/c16-11-4-1-3-10(7-11)14-8-13(19-21-14)15(20)18-12-5-2-6-17-9-12/h1,3-4,7-8,12,17H,2,5-6,9H2,(H,18,20). The van der Waals surface area contributed by atoms with Crippen molar-refractivity contribution in [1.29, 1.82) is 0 Å². The number of carbonyl (C=O) groups is 1. The third-order valence-corrected chi connectivity index (χ3v) is 3.72. The van der Waals surface area contributed by atoms with E-state index in [-0.39, 0.29) is 17.6 Å². The number of aromatic nitrogens is 1. The number of benzene rings is 1. The van der Waals surface area contributed by atoms with E-state index < -0.39 is 0 Å². The van der Waals surface area contributed by atoms with Crippen molar-refractivity contribution >= 4 is 17.5 Å². The Labute approximate surface area is 127 Å². The quantitative estimate of drug-likeness (QED) is 0.914. The van der Waals surface area contributed by atoms with Gasteiger partial charge in [-0.25, -0.2) is 0 Å². The molecule has 1 fully saturated rings. The average Bonchev–Trinajstić information content (AvgIpc) is 2.98. The molecule has 1 atom stereocenters. The zero-order chi connectivity index (χ0) is 14.7. The maximum absolute atomic E-state index is 12.1. The zero-order valence-electron chi connectivity index (χ0n) is 11.4. The molecule has 1 amide bonds. The Kier molecular flexibility index (Phi) is 4.22. The molecule has 0 spiro atoms. The number of amides is 1. The molecule has 110 valence electrons. The molecule has 1 aromatic heterocycles. The van der Waals surface area contributed by atoms with E-state index in [0.29, 0.717) is 10.8 Å². The highest BCUT2D eigenvalue weighted by atomic mass is 35.5. The van der Waals surface area contributed by atoms with Gasteiger partial charge in [-0.1, -0.05) is 28.9 Å². The van der Waals surface area contributed by atoms with Crippen LogP contribution in [0.2, 0.25) is 5.02 Å². The van der Waals surface area contributed by atoms with Crippen LogP contribution in [0.15, 0.2) is 34.9 Å². The molecular formula is C15H16ClN3O2. The van der Waals surface area contributed by atoms with Crippen molar-refractivity contribution in [3.05, 3.63) is 41.0 Å². The van der Waals surface area contributed by atoms with Crippen LogP contribution in [0.4, 0.5) is 0 Å². The second-order valence-electron chi connectivity index (χ2n) is 5.10. The molecule has 1 aliphatic heterocycles. The Morgan fingerprint density at radius 1 is 1.43 bits per heavy atom. The number of piperidine rings is 1. The minimum Gasteiger partial charge on any atom is -0.355 e. The minimum absolute atomic E-state index is 0.151. The van der Waals surface area contributed by atoms with Crippen molar-refractivity contribution in [3.63, 3.8) is 0 Å². The number of halogens is 1. The van der Waals surface area contributed by atoms with E-state index in [0.717, 1.165) is 31.5 Å². The van der Waals surface area contributed by atoms with Crippen molar-refractivity contribution in [2.45, 2.75) is 18.9 Å². The molecule has 0 bridgehead atoms. The summed E-state index contributed by atoms with van der Waals surface area (Å²) in [6.45, 7) is 1.81. The number of hydrogen-bond donors (Lipinski definition) is 2. The van der Waals surface area contributed by atoms with Gasteiger partial charge in [0.2, 0.25) is 0 Å². The van der Waals surface area contributed by atoms with E-state index in [2.05, 4.69) is 15.8 Å². The Bertz CT molecular complexity index is 635. The highest BCUT2D eigenvalue weighted by Crippen LogP contribution is 2.23. The molecule has 0 radical (unpaired) electrons. The molecule has 2 N–H and O–H groups in total. The summed E-state index contributed by atoms with van der Waals surface area (Å²) in [5, 5.41) is 10.7. The van der Waals surface area contributed by atoms with Gasteiger partial charge in [-0.15, -0.1) is 0 Å². The van der Waals surface area contributed by atoms with Gasteiger partial charge in [0.05, 0.1) is 0 Å². The predicted octanol–water partition coefficient (Wildman–Crippen LogP) is 2.48. The highest BCUT2D eigenvalue weighted by molar-refractivity contribution is 6.30. The monoisotopic (exact) mass is 305 g/mol. The molecule has 0 saturated carbocycles. The van der Waals surface area contributed by atoms with Gasteiger partial charge >= 0.3 is 0 Å². The first kappa shape index (κ1) is 14.1. The predicted molar refractivity (Wildman–Crippen MR) is 80.3 cm³/mol. The fourth-order valence-corrected chi connectivity index (χ4v) is 2.58. The summed E-state index contributed by atoms with van der Waals surface area (Å²) in [4.78, 5) is 12.1. The fraction of sp³-hybridized carbons (Fsp3) is 0.333. The van der Waals surface area contributed by atoms with Crippen molar-refractivity contribution in [3.8, 4) is 11.3 Å².